The number of hydrogen-bond donors (Lipinski definition) is 2. The molecule has 7 nitrogen and oxygen atoms in total. The Morgan fingerprint density at radius 1 is 1.17 bits per heavy atom. The predicted molar refractivity (Wildman–Crippen MR) is 90.3 cm³/mol. The van der Waals surface area contributed by atoms with Crippen LogP contribution in [0.4, 0.5) is 4.79 Å². The molecule has 0 unspecified atom stereocenters. The van der Waals surface area contributed by atoms with Gasteiger partial charge in [-0.1, -0.05) is 11.6 Å². The number of carbonyl (C=O) groups is 4. The number of nitrogens with one attached hydrogen (secondary N) is 2. The van der Waals surface area contributed by atoms with Gasteiger partial charge in [0.05, 0.1) is 15.6 Å². The fourth-order valence-electron chi connectivity index (χ4n) is 1.56. The van der Waals surface area contributed by atoms with E-state index in [0.29, 0.717) is 9.21 Å². The largest absolute Gasteiger partial charge is 0.456 e. The van der Waals surface area contributed by atoms with Crippen LogP contribution in [0.3, 0.4) is 0 Å². The molecule has 24 heavy (non-hydrogen) atoms. The molecule has 9 heteroatoms. The summed E-state index contributed by atoms with van der Waals surface area (Å²) >= 11 is 6.86. The summed E-state index contributed by atoms with van der Waals surface area (Å²) in [5, 5.41) is 4.57. The number of rotatable bonds is 6. The maximum Gasteiger partial charge on any atom is 0.321 e. The number of imide groups is 1. The minimum Gasteiger partial charge on any atom is -0.456 e. The van der Waals surface area contributed by atoms with Gasteiger partial charge in [-0.2, -0.15) is 0 Å². The first-order chi connectivity index (χ1) is 11.1. The van der Waals surface area contributed by atoms with Gasteiger partial charge >= 0.3 is 12.0 Å². The van der Waals surface area contributed by atoms with E-state index in [9.17, 15) is 19.2 Å². The lowest BCUT2D eigenvalue weighted by molar-refractivity contribution is -0.148. The third-order valence-electron chi connectivity index (χ3n) is 2.51. The summed E-state index contributed by atoms with van der Waals surface area (Å²) in [6.07, 6.45) is -0.197. The van der Waals surface area contributed by atoms with E-state index in [0.717, 1.165) is 11.3 Å². The number of thiophene rings is 1. The van der Waals surface area contributed by atoms with Gasteiger partial charge in [0.1, 0.15) is 0 Å². The van der Waals surface area contributed by atoms with Crippen LogP contribution in [0.2, 0.25) is 4.34 Å². The Hall–Kier alpha value is -1.93. The molecule has 1 rings (SSSR count). The number of ketones is 1. The zero-order valence-electron chi connectivity index (χ0n) is 13.6. The molecule has 0 spiro atoms. The Morgan fingerprint density at radius 2 is 1.83 bits per heavy atom. The molecule has 1 aromatic rings. The summed E-state index contributed by atoms with van der Waals surface area (Å²) in [7, 11) is 0. The lowest BCUT2D eigenvalue weighted by Crippen LogP contribution is -2.49. The van der Waals surface area contributed by atoms with E-state index in [-0.39, 0.29) is 18.6 Å². The SMILES string of the molecule is CC(C)(C)NC(=O)NC(=O)COC(=O)CCC(=O)c1ccc(Cl)s1. The molecular weight excluding hydrogens is 356 g/mol. The number of amides is 3. The summed E-state index contributed by atoms with van der Waals surface area (Å²) in [5.74, 6) is -1.67. The number of Topliss-reactive ketones (excluding diaryl/α,β-unsaturated/α-hetero) is 1. The monoisotopic (exact) mass is 374 g/mol. The van der Waals surface area contributed by atoms with Crippen LogP contribution in [0.25, 0.3) is 0 Å². The minimum atomic E-state index is -0.749. The van der Waals surface area contributed by atoms with Gasteiger partial charge in [-0.3, -0.25) is 19.7 Å². The average Bonchev–Trinajstić information content (AvgIpc) is 2.87. The first-order valence-electron chi connectivity index (χ1n) is 7.13. The summed E-state index contributed by atoms with van der Waals surface area (Å²) in [5.41, 5.74) is -0.494. The van der Waals surface area contributed by atoms with Crippen molar-refractivity contribution in [3.05, 3.63) is 21.3 Å². The van der Waals surface area contributed by atoms with E-state index in [2.05, 4.69) is 5.32 Å². The molecule has 0 bridgehead atoms. The number of ether oxygens (including phenoxy) is 1. The molecule has 0 radical (unpaired) electrons. The summed E-state index contributed by atoms with van der Waals surface area (Å²) < 4.78 is 5.21. The van der Waals surface area contributed by atoms with Crippen LogP contribution in [-0.2, 0) is 14.3 Å². The highest BCUT2D eigenvalue weighted by Gasteiger charge is 2.17. The average molecular weight is 375 g/mol. The highest BCUT2D eigenvalue weighted by atomic mass is 35.5. The minimum absolute atomic E-state index is 0.0399. The molecule has 3 amide bonds. The van der Waals surface area contributed by atoms with Gasteiger partial charge in [-0.05, 0) is 32.9 Å². The Labute approximate surface area is 148 Å². The smallest absolute Gasteiger partial charge is 0.321 e. The van der Waals surface area contributed by atoms with Gasteiger partial charge in [0.25, 0.3) is 5.91 Å². The Bertz CT molecular complexity index is 636. The predicted octanol–water partition coefficient (Wildman–Crippen LogP) is 2.53. The summed E-state index contributed by atoms with van der Waals surface area (Å²) in [6, 6.07) is 2.51. The van der Waals surface area contributed by atoms with Gasteiger partial charge in [0, 0.05) is 12.0 Å². The van der Waals surface area contributed by atoms with E-state index < -0.39 is 30.1 Å². The van der Waals surface area contributed by atoms with Crippen molar-refractivity contribution in [1.29, 1.82) is 0 Å². The van der Waals surface area contributed by atoms with Gasteiger partial charge < -0.3 is 10.1 Å². The van der Waals surface area contributed by atoms with E-state index >= 15 is 0 Å². The van der Waals surface area contributed by atoms with Crippen LogP contribution in [-0.4, -0.2) is 35.8 Å². The summed E-state index contributed by atoms with van der Waals surface area (Å²) in [6.45, 7) is 4.69. The Kier molecular flexibility index (Phi) is 7.37. The Morgan fingerprint density at radius 3 is 2.38 bits per heavy atom. The molecule has 1 aromatic heterocycles. The molecule has 0 atom stereocenters. The molecule has 0 saturated carbocycles. The van der Waals surface area contributed by atoms with E-state index in [1.165, 1.54) is 0 Å². The van der Waals surface area contributed by atoms with Crippen molar-refractivity contribution in [2.24, 2.45) is 0 Å². The highest BCUT2D eigenvalue weighted by Crippen LogP contribution is 2.22. The maximum absolute atomic E-state index is 11.8. The third-order valence-corrected chi connectivity index (χ3v) is 3.78. The van der Waals surface area contributed by atoms with E-state index in [4.69, 9.17) is 16.3 Å². The van der Waals surface area contributed by atoms with Crippen molar-refractivity contribution in [2.45, 2.75) is 39.2 Å². The van der Waals surface area contributed by atoms with Crippen LogP contribution in [0.5, 0.6) is 0 Å². The second kappa shape index (κ2) is 8.79. The first kappa shape index (κ1) is 20.1. The van der Waals surface area contributed by atoms with E-state index in [1.54, 1.807) is 32.9 Å². The number of halogens is 1. The molecule has 132 valence electrons. The topological polar surface area (TPSA) is 102 Å². The molecule has 0 aliphatic carbocycles. The van der Waals surface area contributed by atoms with Crippen molar-refractivity contribution in [2.75, 3.05) is 6.61 Å². The zero-order valence-corrected chi connectivity index (χ0v) is 15.2. The van der Waals surface area contributed by atoms with Crippen molar-refractivity contribution < 1.29 is 23.9 Å². The lowest BCUT2D eigenvalue weighted by Gasteiger charge is -2.20. The molecule has 0 aromatic carbocycles. The molecule has 1 heterocycles. The molecular formula is C15H19ClN2O5S. The molecule has 0 aliphatic heterocycles. The standard InChI is InChI=1S/C15H19ClN2O5S/c1-15(2,3)18-14(22)17-12(20)8-23-13(21)7-4-9(19)10-5-6-11(16)24-10/h5-6H,4,7-8H2,1-3H3,(H2,17,18,20,22). The molecule has 0 fully saturated rings. The number of esters is 1. The fourth-order valence-corrected chi connectivity index (χ4v) is 2.57. The van der Waals surface area contributed by atoms with Crippen molar-refractivity contribution >= 4 is 46.6 Å². The number of carbonyl (C=O) groups excluding carboxylic acids is 4. The van der Waals surface area contributed by atoms with Crippen LogP contribution in [0.1, 0.15) is 43.3 Å². The first-order valence-corrected chi connectivity index (χ1v) is 8.32. The Balaban J connectivity index is 2.27. The zero-order chi connectivity index (χ0) is 18.3. The van der Waals surface area contributed by atoms with Crippen LogP contribution >= 0.6 is 22.9 Å². The van der Waals surface area contributed by atoms with Crippen molar-refractivity contribution in [3.8, 4) is 0 Å². The van der Waals surface area contributed by atoms with Crippen molar-refractivity contribution in [3.63, 3.8) is 0 Å². The second-order valence-electron chi connectivity index (χ2n) is 5.94. The third kappa shape index (κ3) is 8.07. The van der Waals surface area contributed by atoms with Gasteiger partial charge in [-0.15, -0.1) is 11.3 Å². The number of hydrogen-bond acceptors (Lipinski definition) is 6. The highest BCUT2D eigenvalue weighted by molar-refractivity contribution is 7.18. The molecule has 0 aliphatic rings. The quantitative estimate of drug-likeness (QED) is 0.588. The van der Waals surface area contributed by atoms with Crippen LogP contribution in [0, 0.1) is 0 Å². The van der Waals surface area contributed by atoms with Gasteiger partial charge in [-0.25, -0.2) is 4.79 Å². The van der Waals surface area contributed by atoms with Crippen molar-refractivity contribution in [1.82, 2.24) is 10.6 Å². The molecule has 2 N–H and O–H groups in total. The normalized spacial score (nSPS) is 10.8. The summed E-state index contributed by atoms with van der Waals surface area (Å²) in [4.78, 5) is 46.7. The fraction of sp³-hybridized carbons (Fsp3) is 0.467. The second-order valence-corrected chi connectivity index (χ2v) is 7.66. The maximum atomic E-state index is 11.8. The van der Waals surface area contributed by atoms with Gasteiger partial charge in [0.15, 0.2) is 12.4 Å². The molecule has 0 saturated heterocycles. The van der Waals surface area contributed by atoms with Crippen LogP contribution < -0.4 is 10.6 Å². The van der Waals surface area contributed by atoms with Gasteiger partial charge in [0.2, 0.25) is 0 Å². The number of urea groups is 1. The van der Waals surface area contributed by atoms with E-state index in [1.807, 2.05) is 5.32 Å². The van der Waals surface area contributed by atoms with Crippen LogP contribution in [0.15, 0.2) is 12.1 Å². The lowest BCUT2D eigenvalue weighted by atomic mass is 10.1.